The average Bonchev–Trinajstić information content (AvgIpc) is 2.55. The zero-order valence-corrected chi connectivity index (χ0v) is 12.1. The summed E-state index contributed by atoms with van der Waals surface area (Å²) in [6.45, 7) is 5.01. The van der Waals surface area contributed by atoms with Gasteiger partial charge in [0.05, 0.1) is 18.8 Å². The Morgan fingerprint density at radius 2 is 1.95 bits per heavy atom. The number of terminal acetylenes is 1. The van der Waals surface area contributed by atoms with Crippen LogP contribution in [-0.2, 0) is 11.3 Å². The summed E-state index contributed by atoms with van der Waals surface area (Å²) in [6, 6.07) is 12.6. The smallest absolute Gasteiger partial charge is 0.148 e. The van der Waals surface area contributed by atoms with Crippen LogP contribution in [0.15, 0.2) is 36.4 Å². The monoisotopic (exact) mass is 282 g/mol. The van der Waals surface area contributed by atoms with Gasteiger partial charge in [-0.15, -0.1) is 6.42 Å². The number of ether oxygens (including phenoxy) is 2. The highest BCUT2D eigenvalue weighted by atomic mass is 16.5. The lowest BCUT2D eigenvalue weighted by Gasteiger charge is -2.25. The Hall–Kier alpha value is -2.02. The van der Waals surface area contributed by atoms with Crippen LogP contribution in [0.1, 0.15) is 5.56 Å². The minimum absolute atomic E-state index is 0.309. The van der Waals surface area contributed by atoms with E-state index in [1.807, 2.05) is 6.07 Å². The van der Waals surface area contributed by atoms with Crippen LogP contribution in [0.5, 0.6) is 5.75 Å². The summed E-state index contributed by atoms with van der Waals surface area (Å²) >= 11 is 0. The maximum atomic E-state index is 5.76. The van der Waals surface area contributed by atoms with Gasteiger partial charge in [0.15, 0.2) is 0 Å². The Morgan fingerprint density at radius 1 is 1.14 bits per heavy atom. The lowest BCUT2D eigenvalue weighted by molar-refractivity contribution is -0.921. The number of rotatable bonds is 4. The third kappa shape index (κ3) is 3.18. The van der Waals surface area contributed by atoms with E-state index in [2.05, 4.69) is 36.3 Å². The largest absolute Gasteiger partial charge is 0.480 e. The second kappa shape index (κ2) is 6.62. The minimum atomic E-state index is 0.309. The van der Waals surface area contributed by atoms with Gasteiger partial charge in [-0.25, -0.2) is 0 Å². The molecule has 3 rings (SSSR count). The lowest BCUT2D eigenvalue weighted by Crippen LogP contribution is -3.12. The summed E-state index contributed by atoms with van der Waals surface area (Å²) in [6.07, 6.45) is 5.33. The molecule has 2 aromatic carbocycles. The molecule has 1 N–H and O–H groups in total. The third-order valence-electron chi connectivity index (χ3n) is 3.94. The quantitative estimate of drug-likeness (QED) is 0.854. The molecule has 0 aliphatic carbocycles. The van der Waals surface area contributed by atoms with Crippen LogP contribution in [0, 0.1) is 12.3 Å². The highest BCUT2D eigenvalue weighted by molar-refractivity contribution is 5.87. The fraction of sp³-hybridized carbons (Fsp3) is 0.333. The Kier molecular flexibility index (Phi) is 4.40. The van der Waals surface area contributed by atoms with Gasteiger partial charge in [-0.2, -0.15) is 0 Å². The van der Waals surface area contributed by atoms with Gasteiger partial charge in [0.1, 0.15) is 32.0 Å². The van der Waals surface area contributed by atoms with E-state index in [0.29, 0.717) is 6.61 Å². The van der Waals surface area contributed by atoms with Gasteiger partial charge in [0.2, 0.25) is 0 Å². The molecular weight excluding hydrogens is 262 g/mol. The Balaban J connectivity index is 1.96. The highest BCUT2D eigenvalue weighted by Gasteiger charge is 2.18. The SMILES string of the molecule is C#CCOc1ccc2ccccc2c1C[NH+]1CCOCC1. The summed E-state index contributed by atoms with van der Waals surface area (Å²) in [4.78, 5) is 1.53. The molecule has 0 bridgehead atoms. The molecule has 1 heterocycles. The van der Waals surface area contributed by atoms with Gasteiger partial charge in [-0.1, -0.05) is 36.3 Å². The number of benzene rings is 2. The first-order valence-electron chi connectivity index (χ1n) is 7.36. The van der Waals surface area contributed by atoms with Gasteiger partial charge < -0.3 is 14.4 Å². The fourth-order valence-corrected chi connectivity index (χ4v) is 2.84. The molecule has 0 aromatic heterocycles. The molecule has 3 nitrogen and oxygen atoms in total. The van der Waals surface area contributed by atoms with Crippen molar-refractivity contribution >= 4 is 10.8 Å². The van der Waals surface area contributed by atoms with E-state index in [0.717, 1.165) is 38.6 Å². The normalized spacial score (nSPS) is 15.8. The van der Waals surface area contributed by atoms with E-state index in [1.165, 1.54) is 21.2 Å². The molecule has 0 radical (unpaired) electrons. The van der Waals surface area contributed by atoms with Gasteiger partial charge in [0, 0.05) is 0 Å². The summed E-state index contributed by atoms with van der Waals surface area (Å²) in [7, 11) is 0. The van der Waals surface area contributed by atoms with Crippen molar-refractivity contribution in [2.24, 2.45) is 0 Å². The predicted molar refractivity (Wildman–Crippen MR) is 83.5 cm³/mol. The van der Waals surface area contributed by atoms with Crippen molar-refractivity contribution in [2.75, 3.05) is 32.9 Å². The van der Waals surface area contributed by atoms with Gasteiger partial charge in [-0.05, 0) is 16.8 Å². The first kappa shape index (κ1) is 13.9. The third-order valence-corrected chi connectivity index (χ3v) is 3.94. The highest BCUT2D eigenvalue weighted by Crippen LogP contribution is 2.27. The fourth-order valence-electron chi connectivity index (χ4n) is 2.84. The molecule has 0 atom stereocenters. The summed E-state index contributed by atoms with van der Waals surface area (Å²) in [5.74, 6) is 3.45. The summed E-state index contributed by atoms with van der Waals surface area (Å²) in [5, 5.41) is 2.50. The van der Waals surface area contributed by atoms with Crippen LogP contribution < -0.4 is 9.64 Å². The molecule has 1 aliphatic rings. The molecule has 2 aromatic rings. The zero-order valence-electron chi connectivity index (χ0n) is 12.1. The van der Waals surface area contributed by atoms with E-state index in [-0.39, 0.29) is 0 Å². The molecule has 0 saturated carbocycles. The second-order valence-corrected chi connectivity index (χ2v) is 5.30. The summed E-state index contributed by atoms with van der Waals surface area (Å²) < 4.78 is 11.2. The first-order valence-corrected chi connectivity index (χ1v) is 7.36. The molecule has 0 unspecified atom stereocenters. The molecule has 3 heteroatoms. The molecule has 108 valence electrons. The molecule has 1 saturated heterocycles. The van der Waals surface area contributed by atoms with E-state index in [4.69, 9.17) is 15.9 Å². The van der Waals surface area contributed by atoms with Crippen molar-refractivity contribution in [2.45, 2.75) is 6.54 Å². The second-order valence-electron chi connectivity index (χ2n) is 5.30. The number of quaternary nitrogens is 1. The van der Waals surface area contributed by atoms with Crippen molar-refractivity contribution in [1.82, 2.24) is 0 Å². The predicted octanol–water partition coefficient (Wildman–Crippen LogP) is 1.27. The number of nitrogens with one attached hydrogen (secondary N) is 1. The van der Waals surface area contributed by atoms with Crippen LogP contribution in [-0.4, -0.2) is 32.9 Å². The molecule has 1 aliphatic heterocycles. The van der Waals surface area contributed by atoms with Crippen molar-refractivity contribution in [3.8, 4) is 18.1 Å². The molecular formula is C18H20NO2+. The van der Waals surface area contributed by atoms with Gasteiger partial charge >= 0.3 is 0 Å². The Bertz CT molecular complexity index is 654. The standard InChI is InChI=1S/C18H19NO2/c1-2-11-21-18-8-7-15-5-3-4-6-16(15)17(18)14-19-9-12-20-13-10-19/h1,3-8H,9-14H2/p+1. The first-order chi connectivity index (χ1) is 10.4. The van der Waals surface area contributed by atoms with Crippen LogP contribution in [0.3, 0.4) is 0 Å². The van der Waals surface area contributed by atoms with Gasteiger partial charge in [0.25, 0.3) is 0 Å². The van der Waals surface area contributed by atoms with E-state index < -0.39 is 0 Å². The molecule has 0 amide bonds. The maximum Gasteiger partial charge on any atom is 0.148 e. The van der Waals surface area contributed by atoms with Crippen molar-refractivity contribution in [3.05, 3.63) is 42.0 Å². The topological polar surface area (TPSA) is 22.9 Å². The Morgan fingerprint density at radius 3 is 2.76 bits per heavy atom. The minimum Gasteiger partial charge on any atom is -0.480 e. The van der Waals surface area contributed by atoms with Crippen LogP contribution in [0.25, 0.3) is 10.8 Å². The van der Waals surface area contributed by atoms with Crippen molar-refractivity contribution in [3.63, 3.8) is 0 Å². The van der Waals surface area contributed by atoms with Crippen LogP contribution in [0.2, 0.25) is 0 Å². The number of morpholine rings is 1. The number of hydrogen-bond donors (Lipinski definition) is 1. The van der Waals surface area contributed by atoms with E-state index >= 15 is 0 Å². The van der Waals surface area contributed by atoms with Crippen molar-refractivity contribution < 1.29 is 14.4 Å². The lowest BCUT2D eigenvalue weighted by atomic mass is 10.0. The van der Waals surface area contributed by atoms with E-state index in [1.54, 1.807) is 0 Å². The molecule has 1 fully saturated rings. The van der Waals surface area contributed by atoms with E-state index in [9.17, 15) is 0 Å². The Labute approximate surface area is 125 Å². The number of fused-ring (bicyclic) bond motifs is 1. The zero-order chi connectivity index (χ0) is 14.5. The average molecular weight is 282 g/mol. The summed E-state index contributed by atoms with van der Waals surface area (Å²) in [5.41, 5.74) is 1.25. The maximum absolute atomic E-state index is 5.76. The van der Waals surface area contributed by atoms with Crippen LogP contribution in [0.4, 0.5) is 0 Å². The van der Waals surface area contributed by atoms with Gasteiger partial charge in [-0.3, -0.25) is 0 Å². The molecule has 0 spiro atoms. The molecule has 21 heavy (non-hydrogen) atoms. The van der Waals surface area contributed by atoms with Crippen LogP contribution >= 0.6 is 0 Å². The van der Waals surface area contributed by atoms with Crippen molar-refractivity contribution in [1.29, 1.82) is 0 Å². The number of hydrogen-bond acceptors (Lipinski definition) is 2.